The Balaban J connectivity index is 1.52. The van der Waals surface area contributed by atoms with Crippen LogP contribution in [0.2, 0.25) is 0 Å². The summed E-state index contributed by atoms with van der Waals surface area (Å²) in [4.78, 5) is 59.3. The molecule has 1 fully saturated rings. The summed E-state index contributed by atoms with van der Waals surface area (Å²) in [6.45, 7) is 2.04. The number of nitrogens with one attached hydrogen (secondary N) is 1. The Labute approximate surface area is 212 Å². The van der Waals surface area contributed by atoms with E-state index in [1.807, 2.05) is 0 Å². The first-order chi connectivity index (χ1) is 17.2. The van der Waals surface area contributed by atoms with Gasteiger partial charge in [0.25, 0.3) is 11.8 Å². The van der Waals surface area contributed by atoms with Crippen molar-refractivity contribution in [3.05, 3.63) is 47.2 Å². The fraction of sp³-hybridized carbons (Fsp3) is 0.300. The van der Waals surface area contributed by atoms with E-state index >= 15 is 0 Å². The van der Waals surface area contributed by atoms with Crippen molar-refractivity contribution in [2.24, 2.45) is 10.9 Å². The van der Waals surface area contributed by atoms with Gasteiger partial charge in [0.15, 0.2) is 24.1 Å². The molecule has 4 heterocycles. The van der Waals surface area contributed by atoms with Crippen LogP contribution in [0.15, 0.2) is 41.0 Å². The summed E-state index contributed by atoms with van der Waals surface area (Å²) >= 11 is 2.19. The summed E-state index contributed by atoms with van der Waals surface area (Å²) in [5, 5.41) is 15.7. The van der Waals surface area contributed by atoms with Crippen molar-refractivity contribution in [2.45, 2.75) is 24.9 Å². The lowest BCUT2D eigenvalue weighted by atomic mass is 10.0. The molecular weight excluding hydrogens is 512 g/mol. The predicted molar refractivity (Wildman–Crippen MR) is 127 cm³/mol. The zero-order valence-corrected chi connectivity index (χ0v) is 20.4. The van der Waals surface area contributed by atoms with Crippen molar-refractivity contribution in [1.82, 2.24) is 19.6 Å². The van der Waals surface area contributed by atoms with E-state index in [0.29, 0.717) is 16.9 Å². The second kappa shape index (κ2) is 10.3. The van der Waals surface area contributed by atoms with E-state index < -0.39 is 35.1 Å². The third-order valence-electron chi connectivity index (χ3n) is 5.24. The van der Waals surface area contributed by atoms with Gasteiger partial charge in [-0.05, 0) is 6.92 Å². The lowest BCUT2D eigenvalue weighted by Crippen LogP contribution is -2.71. The van der Waals surface area contributed by atoms with E-state index in [0.717, 1.165) is 16.4 Å². The summed E-state index contributed by atoms with van der Waals surface area (Å²) in [6.07, 6.45) is 3.20. The van der Waals surface area contributed by atoms with Crippen LogP contribution in [-0.2, 0) is 25.8 Å². The number of anilines is 1. The Kier molecular flexibility index (Phi) is 7.16. The maximum atomic E-state index is 13.0. The standard InChI is InChI=1S/C20H20N8O6S2/c1-2-34-25-11(15-24-20(22)36-26-15)16(30)23-12-17(31)28-13(19(32)33)10(8-35-18(12)28)7-27-5-3-9(4-6-27)14(21)29/h3-6,12,18H,2,7-8H2,1H3,(H5-,21,22,23,24,26,29,30,32,33)/p+1/b25-11-/t12?,18-/m1/s1. The topological polar surface area (TPSA) is 207 Å². The molecule has 2 atom stereocenters. The van der Waals surface area contributed by atoms with Gasteiger partial charge >= 0.3 is 5.97 Å². The van der Waals surface area contributed by atoms with Gasteiger partial charge in [0.05, 0.1) is 5.56 Å². The molecule has 2 aliphatic rings. The molecule has 2 aromatic rings. The van der Waals surface area contributed by atoms with Crippen LogP contribution in [0.5, 0.6) is 0 Å². The fourth-order valence-electron chi connectivity index (χ4n) is 3.61. The van der Waals surface area contributed by atoms with Gasteiger partial charge in [-0.15, -0.1) is 11.8 Å². The van der Waals surface area contributed by atoms with Crippen molar-refractivity contribution in [3.63, 3.8) is 0 Å². The molecule has 16 heteroatoms. The fourth-order valence-corrected chi connectivity index (χ4v) is 5.38. The zero-order valence-electron chi connectivity index (χ0n) is 18.8. The molecule has 0 radical (unpaired) electrons. The number of carboxylic acid groups (broad SMARTS) is 1. The lowest BCUT2D eigenvalue weighted by Gasteiger charge is -2.49. The van der Waals surface area contributed by atoms with Crippen LogP contribution in [0.4, 0.5) is 5.13 Å². The van der Waals surface area contributed by atoms with Gasteiger partial charge in [-0.1, -0.05) is 5.16 Å². The molecule has 0 spiro atoms. The average Bonchev–Trinajstić information content (AvgIpc) is 3.28. The number of pyridine rings is 1. The molecule has 0 bridgehead atoms. The third-order valence-corrected chi connectivity index (χ3v) is 7.12. The summed E-state index contributed by atoms with van der Waals surface area (Å²) in [5.74, 6) is -2.91. The van der Waals surface area contributed by atoms with E-state index in [9.17, 15) is 24.3 Å². The molecule has 36 heavy (non-hydrogen) atoms. The SMILES string of the molecule is CCO/N=C(\C(=O)NC1C(=O)N2C(C(=O)O)=C(C[n+]3ccc(C(N)=O)cc3)CS[C@H]12)c1nsc(N)n1. The minimum atomic E-state index is -1.26. The summed E-state index contributed by atoms with van der Waals surface area (Å²) in [6, 6.07) is 2.06. The van der Waals surface area contributed by atoms with Crippen LogP contribution in [-0.4, -0.2) is 72.5 Å². The Morgan fingerprint density at radius 2 is 2.08 bits per heavy atom. The smallest absolute Gasteiger partial charge is 0.352 e. The maximum absolute atomic E-state index is 13.0. The number of fused-ring (bicyclic) bond motifs is 1. The molecule has 1 saturated heterocycles. The van der Waals surface area contributed by atoms with Crippen molar-refractivity contribution < 1.29 is 33.7 Å². The number of carbonyl (C=O) groups excluding carboxylic acids is 3. The van der Waals surface area contributed by atoms with Crippen LogP contribution in [0.3, 0.4) is 0 Å². The molecule has 6 N–H and O–H groups in total. The number of thioether (sulfide) groups is 1. The molecule has 4 rings (SSSR count). The number of nitrogen functional groups attached to an aromatic ring is 1. The van der Waals surface area contributed by atoms with E-state index in [4.69, 9.17) is 16.3 Å². The minimum Gasteiger partial charge on any atom is -0.477 e. The highest BCUT2D eigenvalue weighted by molar-refractivity contribution is 8.00. The van der Waals surface area contributed by atoms with Crippen molar-refractivity contribution in [3.8, 4) is 0 Å². The molecule has 1 unspecified atom stereocenters. The first-order valence-electron chi connectivity index (χ1n) is 10.5. The first kappa shape index (κ1) is 25.1. The molecule has 2 aliphatic heterocycles. The van der Waals surface area contributed by atoms with Crippen molar-refractivity contribution >= 4 is 57.8 Å². The molecule has 0 aromatic carbocycles. The van der Waals surface area contributed by atoms with E-state index in [2.05, 4.69) is 19.8 Å². The monoisotopic (exact) mass is 533 g/mol. The number of hydrogen-bond donors (Lipinski definition) is 4. The normalized spacial score (nSPS) is 19.4. The number of carboxylic acids is 1. The van der Waals surface area contributed by atoms with Gasteiger partial charge in [0, 0.05) is 35.0 Å². The Bertz CT molecular complexity index is 1290. The van der Waals surface area contributed by atoms with Crippen LogP contribution >= 0.6 is 23.3 Å². The van der Waals surface area contributed by atoms with Gasteiger partial charge in [0.2, 0.25) is 17.4 Å². The Morgan fingerprint density at radius 3 is 2.67 bits per heavy atom. The van der Waals surface area contributed by atoms with Crippen molar-refractivity contribution in [1.29, 1.82) is 0 Å². The number of nitrogens with zero attached hydrogens (tertiary/aromatic N) is 5. The third kappa shape index (κ3) is 4.85. The molecule has 14 nitrogen and oxygen atoms in total. The van der Waals surface area contributed by atoms with Crippen molar-refractivity contribution in [2.75, 3.05) is 18.1 Å². The van der Waals surface area contributed by atoms with Crippen LogP contribution < -0.4 is 21.4 Å². The molecule has 0 aliphatic carbocycles. The molecule has 3 amide bonds. The number of hydrogen-bond acceptors (Lipinski definition) is 11. The average molecular weight is 534 g/mol. The van der Waals surface area contributed by atoms with Gasteiger partial charge in [-0.2, -0.15) is 9.36 Å². The highest BCUT2D eigenvalue weighted by Gasteiger charge is 2.54. The van der Waals surface area contributed by atoms with E-state index in [1.54, 1.807) is 23.9 Å². The summed E-state index contributed by atoms with van der Waals surface area (Å²) < 4.78 is 5.64. The number of aliphatic carboxylic acids is 1. The highest BCUT2D eigenvalue weighted by atomic mass is 32.2. The minimum absolute atomic E-state index is 0.0452. The molecule has 2 aromatic heterocycles. The number of rotatable bonds is 9. The van der Waals surface area contributed by atoms with Crippen LogP contribution in [0.25, 0.3) is 0 Å². The van der Waals surface area contributed by atoms with E-state index in [1.165, 1.54) is 23.9 Å². The summed E-state index contributed by atoms with van der Waals surface area (Å²) in [5.41, 5.74) is 11.3. The number of carbonyl (C=O) groups is 4. The van der Waals surface area contributed by atoms with Crippen LogP contribution in [0.1, 0.15) is 23.1 Å². The molecular formula is C20H21N8O6S2+. The van der Waals surface area contributed by atoms with Gasteiger partial charge in [-0.3, -0.25) is 19.3 Å². The first-order valence-corrected chi connectivity index (χ1v) is 12.3. The maximum Gasteiger partial charge on any atom is 0.352 e. The van der Waals surface area contributed by atoms with Crippen LogP contribution in [0, 0.1) is 0 Å². The second-order valence-electron chi connectivity index (χ2n) is 7.56. The highest BCUT2D eigenvalue weighted by Crippen LogP contribution is 2.40. The number of oxime groups is 1. The van der Waals surface area contributed by atoms with E-state index in [-0.39, 0.29) is 35.5 Å². The Morgan fingerprint density at radius 1 is 1.36 bits per heavy atom. The summed E-state index contributed by atoms with van der Waals surface area (Å²) in [7, 11) is 0. The lowest BCUT2D eigenvalue weighted by molar-refractivity contribution is -0.689. The second-order valence-corrected chi connectivity index (χ2v) is 9.44. The molecule has 188 valence electrons. The number of primary amides is 1. The number of β-lactam (4-membered cyclic amide) rings is 1. The van der Waals surface area contributed by atoms with Gasteiger partial charge in [-0.25, -0.2) is 9.36 Å². The zero-order chi connectivity index (χ0) is 26.0. The largest absolute Gasteiger partial charge is 0.477 e. The molecule has 0 saturated carbocycles. The number of aromatic nitrogens is 3. The van der Waals surface area contributed by atoms with Gasteiger partial charge < -0.3 is 26.7 Å². The number of amides is 3. The predicted octanol–water partition coefficient (Wildman–Crippen LogP) is -1.31. The quantitative estimate of drug-likeness (QED) is 0.129. The Hall–Kier alpha value is -4.05. The van der Waals surface area contributed by atoms with Gasteiger partial charge in [0.1, 0.15) is 23.7 Å². The number of nitrogens with two attached hydrogens (primary N) is 2.